The molecule has 0 aliphatic carbocycles. The molecule has 0 aliphatic rings. The van der Waals surface area contributed by atoms with E-state index in [0.29, 0.717) is 0 Å². The monoisotopic (exact) mass is 479 g/mol. The Labute approximate surface area is 193 Å². The van der Waals surface area contributed by atoms with Gasteiger partial charge in [-0.1, -0.05) is 64.5 Å². The molecule has 148 valence electrons. The van der Waals surface area contributed by atoms with Crippen molar-refractivity contribution in [3.05, 3.63) is 114 Å². The number of anilines is 3. The maximum Gasteiger partial charge on any atom is 0.0468 e. The van der Waals surface area contributed by atoms with Crippen LogP contribution in [-0.4, -0.2) is 0 Å². The topological polar surface area (TPSA) is 3.24 Å². The lowest BCUT2D eigenvalue weighted by Gasteiger charge is -2.26. The molecule has 0 saturated heterocycles. The van der Waals surface area contributed by atoms with Crippen LogP contribution in [0.3, 0.4) is 0 Å². The van der Waals surface area contributed by atoms with Gasteiger partial charge >= 0.3 is 0 Å². The Morgan fingerprint density at radius 2 is 1.16 bits per heavy atom. The molecule has 0 bridgehead atoms. The van der Waals surface area contributed by atoms with Crippen molar-refractivity contribution >= 4 is 75.3 Å². The van der Waals surface area contributed by atoms with Crippen LogP contribution in [0, 0.1) is 0 Å². The highest BCUT2D eigenvalue weighted by Gasteiger charge is 2.15. The molecule has 0 saturated carbocycles. The van der Waals surface area contributed by atoms with E-state index >= 15 is 0 Å². The van der Waals surface area contributed by atoms with E-state index in [-0.39, 0.29) is 0 Å². The van der Waals surface area contributed by atoms with Crippen LogP contribution in [0.15, 0.2) is 114 Å². The number of hydrogen-bond donors (Lipinski definition) is 0. The van der Waals surface area contributed by atoms with E-state index in [0.717, 1.165) is 21.5 Å². The van der Waals surface area contributed by atoms with Gasteiger partial charge in [-0.05, 0) is 71.4 Å². The van der Waals surface area contributed by atoms with Crippen LogP contribution in [0.1, 0.15) is 0 Å². The summed E-state index contributed by atoms with van der Waals surface area (Å²) in [7, 11) is 0. The lowest BCUT2D eigenvalue weighted by Crippen LogP contribution is -2.09. The van der Waals surface area contributed by atoms with Gasteiger partial charge in [0.25, 0.3) is 0 Å². The fourth-order valence-electron chi connectivity index (χ4n) is 4.22. The van der Waals surface area contributed by atoms with Gasteiger partial charge in [0.1, 0.15) is 0 Å². The van der Waals surface area contributed by atoms with Crippen LogP contribution in [0.5, 0.6) is 0 Å². The molecular formula is C28H18BrNS. The van der Waals surface area contributed by atoms with Crippen molar-refractivity contribution in [1.82, 2.24) is 0 Å². The average molecular weight is 480 g/mol. The summed E-state index contributed by atoms with van der Waals surface area (Å²) in [5, 5.41) is 5.08. The number of rotatable bonds is 3. The van der Waals surface area contributed by atoms with Gasteiger partial charge in [0.15, 0.2) is 0 Å². The van der Waals surface area contributed by atoms with Crippen LogP contribution in [0.4, 0.5) is 17.1 Å². The third kappa shape index (κ3) is 3.31. The minimum absolute atomic E-state index is 1.11. The van der Waals surface area contributed by atoms with Crippen molar-refractivity contribution in [3.63, 3.8) is 0 Å². The number of hydrogen-bond acceptors (Lipinski definition) is 2. The SMILES string of the molecule is Brc1ccc2sc3ccc(N(c4ccccc4)c4ccc5ccccc5c4)cc3c2c1. The first-order valence-corrected chi connectivity index (χ1v) is 11.8. The molecule has 0 aliphatic heterocycles. The number of halogens is 1. The maximum atomic E-state index is 3.64. The minimum Gasteiger partial charge on any atom is -0.310 e. The summed E-state index contributed by atoms with van der Waals surface area (Å²) in [6.45, 7) is 0. The highest BCUT2D eigenvalue weighted by atomic mass is 79.9. The Balaban J connectivity index is 1.59. The van der Waals surface area contributed by atoms with Gasteiger partial charge in [-0.15, -0.1) is 11.3 Å². The maximum absolute atomic E-state index is 3.64. The second-order valence-corrected chi connectivity index (χ2v) is 9.62. The number of nitrogens with zero attached hydrogens (tertiary/aromatic N) is 1. The van der Waals surface area contributed by atoms with Crippen molar-refractivity contribution in [3.8, 4) is 0 Å². The standard InChI is InChI=1S/C28H18BrNS/c29-21-11-14-27-25(17-21)26-18-24(13-15-28(26)31-27)30(22-8-2-1-3-9-22)23-12-10-19-6-4-5-7-20(19)16-23/h1-18H. The second kappa shape index (κ2) is 7.52. The number of benzene rings is 5. The first-order valence-electron chi connectivity index (χ1n) is 10.2. The second-order valence-electron chi connectivity index (χ2n) is 7.63. The number of fused-ring (bicyclic) bond motifs is 4. The van der Waals surface area contributed by atoms with Crippen molar-refractivity contribution < 1.29 is 0 Å². The first-order chi connectivity index (χ1) is 15.3. The molecule has 0 N–H and O–H groups in total. The lowest BCUT2D eigenvalue weighted by atomic mass is 10.1. The molecule has 0 spiro atoms. The third-order valence-corrected chi connectivity index (χ3v) is 7.32. The summed E-state index contributed by atoms with van der Waals surface area (Å²) in [5.74, 6) is 0. The van der Waals surface area contributed by atoms with Crippen LogP contribution < -0.4 is 4.90 Å². The molecular weight excluding hydrogens is 462 g/mol. The highest BCUT2D eigenvalue weighted by molar-refractivity contribution is 9.10. The quantitative estimate of drug-likeness (QED) is 0.244. The van der Waals surface area contributed by atoms with E-state index in [1.54, 1.807) is 0 Å². The molecule has 0 atom stereocenters. The highest BCUT2D eigenvalue weighted by Crippen LogP contribution is 2.41. The molecule has 3 heteroatoms. The summed E-state index contributed by atoms with van der Waals surface area (Å²) in [6.07, 6.45) is 0. The summed E-state index contributed by atoms with van der Waals surface area (Å²) in [5.41, 5.74) is 3.47. The van der Waals surface area contributed by atoms with E-state index in [4.69, 9.17) is 0 Å². The molecule has 1 nitrogen and oxygen atoms in total. The molecule has 1 heterocycles. The number of thiophene rings is 1. The molecule has 6 rings (SSSR count). The van der Waals surface area contributed by atoms with Crippen LogP contribution in [0.2, 0.25) is 0 Å². The molecule has 0 unspecified atom stereocenters. The molecule has 5 aromatic carbocycles. The van der Waals surface area contributed by atoms with Crippen LogP contribution in [0.25, 0.3) is 30.9 Å². The Bertz CT molecular complexity index is 1550. The van der Waals surface area contributed by atoms with Crippen LogP contribution in [-0.2, 0) is 0 Å². The van der Waals surface area contributed by atoms with Crippen LogP contribution >= 0.6 is 27.3 Å². The zero-order valence-electron chi connectivity index (χ0n) is 16.6. The first kappa shape index (κ1) is 18.6. The zero-order valence-corrected chi connectivity index (χ0v) is 19.0. The zero-order chi connectivity index (χ0) is 20.8. The van der Waals surface area contributed by atoms with Crippen molar-refractivity contribution in [2.45, 2.75) is 0 Å². The summed E-state index contributed by atoms with van der Waals surface area (Å²) in [4.78, 5) is 2.34. The fraction of sp³-hybridized carbons (Fsp3) is 0. The summed E-state index contributed by atoms with van der Waals surface area (Å²) in [6, 6.07) is 39.1. The van der Waals surface area contributed by atoms with E-state index in [1.165, 1.54) is 30.9 Å². The van der Waals surface area contributed by atoms with Gasteiger partial charge in [-0.2, -0.15) is 0 Å². The molecule has 6 aromatic rings. The van der Waals surface area contributed by atoms with E-state index in [9.17, 15) is 0 Å². The molecule has 31 heavy (non-hydrogen) atoms. The fourth-order valence-corrected chi connectivity index (χ4v) is 5.64. The van der Waals surface area contributed by atoms with Gasteiger partial charge < -0.3 is 4.90 Å². The van der Waals surface area contributed by atoms with E-state index < -0.39 is 0 Å². The van der Waals surface area contributed by atoms with Gasteiger partial charge in [0, 0.05) is 41.7 Å². The van der Waals surface area contributed by atoms with Crippen molar-refractivity contribution in [1.29, 1.82) is 0 Å². The Hall–Kier alpha value is -3.14. The average Bonchev–Trinajstić information content (AvgIpc) is 3.17. The van der Waals surface area contributed by atoms with Gasteiger partial charge in [0.2, 0.25) is 0 Å². The minimum atomic E-state index is 1.11. The third-order valence-electron chi connectivity index (χ3n) is 5.68. The molecule has 1 aromatic heterocycles. The summed E-state index contributed by atoms with van der Waals surface area (Å²) < 4.78 is 3.73. The molecule has 0 radical (unpaired) electrons. The summed E-state index contributed by atoms with van der Waals surface area (Å²) >= 11 is 5.49. The van der Waals surface area contributed by atoms with E-state index in [1.807, 2.05) is 11.3 Å². The van der Waals surface area contributed by atoms with Crippen molar-refractivity contribution in [2.75, 3.05) is 4.90 Å². The predicted molar refractivity (Wildman–Crippen MR) is 139 cm³/mol. The Kier molecular flexibility index (Phi) is 4.52. The van der Waals surface area contributed by atoms with Crippen molar-refractivity contribution in [2.24, 2.45) is 0 Å². The molecule has 0 fully saturated rings. The number of para-hydroxylation sites is 1. The predicted octanol–water partition coefficient (Wildman–Crippen LogP) is 9.44. The normalized spacial score (nSPS) is 11.4. The largest absolute Gasteiger partial charge is 0.310 e. The lowest BCUT2D eigenvalue weighted by molar-refractivity contribution is 1.30. The molecule has 0 amide bonds. The smallest absolute Gasteiger partial charge is 0.0468 e. The van der Waals surface area contributed by atoms with Gasteiger partial charge in [0.05, 0.1) is 0 Å². The van der Waals surface area contributed by atoms with Gasteiger partial charge in [-0.3, -0.25) is 0 Å². The Morgan fingerprint density at radius 3 is 2.00 bits per heavy atom. The van der Waals surface area contributed by atoms with E-state index in [2.05, 4.69) is 130 Å². The Morgan fingerprint density at radius 1 is 0.516 bits per heavy atom. The van der Waals surface area contributed by atoms with Gasteiger partial charge in [-0.25, -0.2) is 0 Å².